The number of hydrogen-bond acceptors (Lipinski definition) is 3. The Bertz CT molecular complexity index is 934. The lowest BCUT2D eigenvalue weighted by Crippen LogP contribution is -2.42. The number of sulfonamides is 1. The molecule has 2 aromatic carbocycles. The molecule has 1 amide bonds. The fraction of sp³-hybridized carbons (Fsp3) is 0.381. The second-order valence-corrected chi connectivity index (χ2v) is 9.59. The molecule has 0 radical (unpaired) electrons. The normalized spacial score (nSPS) is 20.7. The van der Waals surface area contributed by atoms with Gasteiger partial charge < -0.3 is 5.32 Å². The van der Waals surface area contributed by atoms with E-state index < -0.39 is 10.0 Å². The summed E-state index contributed by atoms with van der Waals surface area (Å²) in [4.78, 5) is 12.4. The molecule has 2 atom stereocenters. The molecule has 0 unspecified atom stereocenters. The van der Waals surface area contributed by atoms with Crippen molar-refractivity contribution in [2.75, 3.05) is 18.4 Å². The van der Waals surface area contributed by atoms with Crippen molar-refractivity contribution in [3.8, 4) is 0 Å². The number of nitrogens with one attached hydrogen (secondary N) is 1. The standard InChI is InChI=1S/C21H25FN2O3S/c1-15-10-16(2)14-24(13-15)28(26,27)20-8-6-19(7-9-20)23-21(25)12-17-4-3-5-18(22)11-17/h3-9,11,15-16H,10,12-14H2,1-2H3,(H,23,25)/t15-,16+. The van der Waals surface area contributed by atoms with E-state index in [0.29, 0.717) is 36.2 Å². The Hall–Kier alpha value is -2.25. The second-order valence-electron chi connectivity index (χ2n) is 7.65. The Morgan fingerprint density at radius 3 is 2.36 bits per heavy atom. The molecular weight excluding hydrogens is 379 g/mol. The van der Waals surface area contributed by atoms with Gasteiger partial charge in [-0.25, -0.2) is 12.8 Å². The highest BCUT2D eigenvalue weighted by atomic mass is 32.2. The topological polar surface area (TPSA) is 66.5 Å². The summed E-state index contributed by atoms with van der Waals surface area (Å²) in [7, 11) is -3.55. The Labute approximate surface area is 165 Å². The summed E-state index contributed by atoms with van der Waals surface area (Å²) >= 11 is 0. The van der Waals surface area contributed by atoms with Crippen molar-refractivity contribution in [2.24, 2.45) is 11.8 Å². The smallest absolute Gasteiger partial charge is 0.243 e. The summed E-state index contributed by atoms with van der Waals surface area (Å²) in [5, 5.41) is 2.71. The summed E-state index contributed by atoms with van der Waals surface area (Å²) in [5.74, 6) is -0.0130. The number of rotatable bonds is 5. The van der Waals surface area contributed by atoms with Gasteiger partial charge in [0.05, 0.1) is 11.3 Å². The van der Waals surface area contributed by atoms with E-state index in [1.807, 2.05) is 0 Å². The van der Waals surface area contributed by atoms with Crippen molar-refractivity contribution >= 4 is 21.6 Å². The van der Waals surface area contributed by atoms with Gasteiger partial charge in [-0.3, -0.25) is 4.79 Å². The molecule has 1 heterocycles. The van der Waals surface area contributed by atoms with Crippen LogP contribution in [0.4, 0.5) is 10.1 Å². The van der Waals surface area contributed by atoms with Crippen LogP contribution in [0.5, 0.6) is 0 Å². The van der Waals surface area contributed by atoms with Gasteiger partial charge in [0.15, 0.2) is 0 Å². The molecule has 0 bridgehead atoms. The van der Waals surface area contributed by atoms with Crippen LogP contribution in [0, 0.1) is 17.7 Å². The van der Waals surface area contributed by atoms with Gasteiger partial charge in [0.1, 0.15) is 5.82 Å². The molecule has 150 valence electrons. The van der Waals surface area contributed by atoms with Crippen LogP contribution < -0.4 is 5.32 Å². The summed E-state index contributed by atoms with van der Waals surface area (Å²) in [6.45, 7) is 5.18. The predicted octanol–water partition coefficient (Wildman–Crippen LogP) is 3.67. The quantitative estimate of drug-likeness (QED) is 0.827. The van der Waals surface area contributed by atoms with Gasteiger partial charge in [0.25, 0.3) is 0 Å². The Balaban J connectivity index is 1.66. The summed E-state index contributed by atoms with van der Waals surface area (Å²) in [5.41, 5.74) is 1.07. The van der Waals surface area contributed by atoms with E-state index in [-0.39, 0.29) is 23.0 Å². The maximum Gasteiger partial charge on any atom is 0.243 e. The number of carbonyl (C=O) groups is 1. The Morgan fingerprint density at radius 1 is 1.11 bits per heavy atom. The van der Waals surface area contributed by atoms with E-state index in [1.54, 1.807) is 28.6 Å². The highest BCUT2D eigenvalue weighted by Gasteiger charge is 2.31. The summed E-state index contributed by atoms with van der Waals surface area (Å²) < 4.78 is 40.5. The zero-order valence-corrected chi connectivity index (χ0v) is 16.9. The van der Waals surface area contributed by atoms with Gasteiger partial charge in [-0.15, -0.1) is 0 Å². The third-order valence-corrected chi connectivity index (χ3v) is 6.71. The number of amides is 1. The highest BCUT2D eigenvalue weighted by molar-refractivity contribution is 7.89. The maximum absolute atomic E-state index is 13.2. The first kappa shape index (κ1) is 20.5. The second kappa shape index (κ2) is 8.41. The number of benzene rings is 2. The molecule has 1 N–H and O–H groups in total. The first-order valence-electron chi connectivity index (χ1n) is 9.38. The average Bonchev–Trinajstić information content (AvgIpc) is 2.61. The number of anilines is 1. The molecule has 7 heteroatoms. The molecule has 1 aliphatic rings. The first-order valence-corrected chi connectivity index (χ1v) is 10.8. The van der Waals surface area contributed by atoms with Gasteiger partial charge in [0.2, 0.25) is 15.9 Å². The van der Waals surface area contributed by atoms with E-state index in [2.05, 4.69) is 19.2 Å². The fourth-order valence-corrected chi connectivity index (χ4v) is 5.38. The SMILES string of the molecule is C[C@@H]1C[C@H](C)CN(S(=O)(=O)c2ccc(NC(=O)Cc3cccc(F)c3)cc2)C1. The van der Waals surface area contributed by atoms with Crippen LogP contribution >= 0.6 is 0 Å². The minimum absolute atomic E-state index is 0.0430. The average molecular weight is 405 g/mol. The number of halogens is 1. The van der Waals surface area contributed by atoms with Gasteiger partial charge in [-0.2, -0.15) is 4.31 Å². The van der Waals surface area contributed by atoms with Crippen LogP contribution in [0.25, 0.3) is 0 Å². The van der Waals surface area contributed by atoms with Crippen molar-refractivity contribution < 1.29 is 17.6 Å². The third kappa shape index (κ3) is 4.97. The number of carbonyl (C=O) groups excluding carboxylic acids is 1. The minimum Gasteiger partial charge on any atom is -0.326 e. The summed E-state index contributed by atoms with van der Waals surface area (Å²) in [6, 6.07) is 12.0. The molecule has 2 aromatic rings. The van der Waals surface area contributed by atoms with Crippen molar-refractivity contribution in [3.63, 3.8) is 0 Å². The van der Waals surface area contributed by atoms with Crippen molar-refractivity contribution in [2.45, 2.75) is 31.6 Å². The zero-order valence-electron chi connectivity index (χ0n) is 16.1. The lowest BCUT2D eigenvalue weighted by molar-refractivity contribution is -0.115. The van der Waals surface area contributed by atoms with Crippen molar-refractivity contribution in [3.05, 3.63) is 59.9 Å². The molecule has 1 saturated heterocycles. The molecular formula is C21H25FN2O3S. The van der Waals surface area contributed by atoms with Crippen molar-refractivity contribution in [1.29, 1.82) is 0 Å². The van der Waals surface area contributed by atoms with Crippen LogP contribution in [-0.2, 0) is 21.2 Å². The zero-order chi connectivity index (χ0) is 20.3. The third-order valence-electron chi connectivity index (χ3n) is 4.86. The van der Waals surface area contributed by atoms with Gasteiger partial charge in [-0.1, -0.05) is 26.0 Å². The molecule has 0 spiro atoms. The molecule has 1 aliphatic heterocycles. The van der Waals surface area contributed by atoms with Gasteiger partial charge in [0, 0.05) is 18.8 Å². The lowest BCUT2D eigenvalue weighted by Gasteiger charge is -2.34. The van der Waals surface area contributed by atoms with E-state index in [1.165, 1.54) is 24.3 Å². The molecule has 1 fully saturated rings. The Morgan fingerprint density at radius 2 is 1.75 bits per heavy atom. The van der Waals surface area contributed by atoms with Gasteiger partial charge >= 0.3 is 0 Å². The van der Waals surface area contributed by atoms with Crippen LogP contribution in [0.2, 0.25) is 0 Å². The largest absolute Gasteiger partial charge is 0.326 e. The van der Waals surface area contributed by atoms with Crippen LogP contribution in [0.1, 0.15) is 25.8 Å². The molecule has 28 heavy (non-hydrogen) atoms. The van der Waals surface area contributed by atoms with E-state index in [9.17, 15) is 17.6 Å². The molecule has 5 nitrogen and oxygen atoms in total. The van der Waals surface area contributed by atoms with Crippen LogP contribution in [0.15, 0.2) is 53.4 Å². The minimum atomic E-state index is -3.55. The van der Waals surface area contributed by atoms with E-state index >= 15 is 0 Å². The maximum atomic E-state index is 13.2. The highest BCUT2D eigenvalue weighted by Crippen LogP contribution is 2.27. The molecule has 0 aliphatic carbocycles. The molecule has 3 rings (SSSR count). The summed E-state index contributed by atoms with van der Waals surface area (Å²) in [6.07, 6.45) is 1.07. The van der Waals surface area contributed by atoms with Crippen LogP contribution in [0.3, 0.4) is 0 Å². The molecule has 0 saturated carbocycles. The predicted molar refractivity (Wildman–Crippen MR) is 107 cm³/mol. The molecule has 0 aromatic heterocycles. The van der Waals surface area contributed by atoms with E-state index in [4.69, 9.17) is 0 Å². The Kier molecular flexibility index (Phi) is 6.15. The van der Waals surface area contributed by atoms with Crippen LogP contribution in [-0.4, -0.2) is 31.7 Å². The number of hydrogen-bond donors (Lipinski definition) is 1. The fourth-order valence-electron chi connectivity index (χ4n) is 3.70. The number of piperidine rings is 1. The first-order chi connectivity index (χ1) is 13.2. The van der Waals surface area contributed by atoms with Crippen molar-refractivity contribution in [1.82, 2.24) is 4.31 Å². The van der Waals surface area contributed by atoms with E-state index in [0.717, 1.165) is 6.42 Å². The number of nitrogens with zero attached hydrogens (tertiary/aromatic N) is 1. The monoisotopic (exact) mass is 404 g/mol. The van der Waals surface area contributed by atoms with Gasteiger partial charge in [-0.05, 0) is 60.2 Å². The lowest BCUT2D eigenvalue weighted by atomic mass is 9.94.